The number of aromatic nitrogens is 3. The minimum absolute atomic E-state index is 0.0600. The van der Waals surface area contributed by atoms with E-state index in [1.165, 1.54) is 17.8 Å². The minimum atomic E-state index is -0.387. The number of hydrogen-bond acceptors (Lipinski definition) is 5. The third-order valence-corrected chi connectivity index (χ3v) is 5.84. The summed E-state index contributed by atoms with van der Waals surface area (Å²) in [5.74, 6) is 0.687. The third-order valence-electron chi connectivity index (χ3n) is 4.46. The zero-order valence-corrected chi connectivity index (χ0v) is 18.5. The van der Waals surface area contributed by atoms with Gasteiger partial charge in [-0.2, -0.15) is 0 Å². The Hall–Kier alpha value is -2.58. The molecule has 158 valence electrons. The fourth-order valence-corrected chi connectivity index (χ4v) is 3.81. The number of rotatable bonds is 8. The number of carbonyl (C=O) groups excluding carboxylic acids is 1. The Kier molecular flexibility index (Phi) is 7.33. The Morgan fingerprint density at radius 1 is 1.23 bits per heavy atom. The fourth-order valence-electron chi connectivity index (χ4n) is 2.75. The maximum absolute atomic E-state index is 14.1. The molecule has 3 rings (SSSR count). The van der Waals surface area contributed by atoms with Crippen molar-refractivity contribution in [3.63, 3.8) is 0 Å². The molecule has 1 heterocycles. The number of nitrogens with zero attached hydrogens (tertiary/aromatic N) is 4. The van der Waals surface area contributed by atoms with Crippen molar-refractivity contribution in [1.82, 2.24) is 19.7 Å². The van der Waals surface area contributed by atoms with Crippen LogP contribution in [0.25, 0.3) is 11.4 Å². The van der Waals surface area contributed by atoms with Crippen LogP contribution in [0.1, 0.15) is 6.92 Å². The van der Waals surface area contributed by atoms with Crippen LogP contribution < -0.4 is 4.74 Å². The summed E-state index contributed by atoms with van der Waals surface area (Å²) in [4.78, 5) is 14.3. The van der Waals surface area contributed by atoms with Gasteiger partial charge in [0, 0.05) is 19.1 Å². The average Bonchev–Trinajstić information content (AvgIpc) is 3.09. The Balaban J connectivity index is 1.56. The molecule has 0 aliphatic rings. The molecule has 6 nitrogen and oxygen atoms in total. The first-order valence-corrected chi connectivity index (χ1v) is 10.6. The fraction of sp³-hybridized carbons (Fsp3) is 0.286. The van der Waals surface area contributed by atoms with Gasteiger partial charge in [-0.15, -0.1) is 10.2 Å². The van der Waals surface area contributed by atoms with Crippen molar-refractivity contribution >= 4 is 29.3 Å². The largest absolute Gasteiger partial charge is 0.492 e. The van der Waals surface area contributed by atoms with Crippen LogP contribution in [0.4, 0.5) is 4.39 Å². The van der Waals surface area contributed by atoms with Crippen LogP contribution in [0, 0.1) is 5.82 Å². The number of carbonyl (C=O) groups is 1. The summed E-state index contributed by atoms with van der Waals surface area (Å²) >= 11 is 7.13. The van der Waals surface area contributed by atoms with Gasteiger partial charge in [0.2, 0.25) is 5.91 Å². The molecule has 1 aromatic heterocycles. The van der Waals surface area contributed by atoms with Crippen molar-refractivity contribution in [2.75, 3.05) is 20.2 Å². The van der Waals surface area contributed by atoms with Crippen molar-refractivity contribution in [1.29, 1.82) is 0 Å². The molecule has 9 heteroatoms. The zero-order valence-electron chi connectivity index (χ0n) is 16.9. The molecule has 0 saturated carbocycles. The normalized spacial score (nSPS) is 11.9. The average molecular weight is 449 g/mol. The van der Waals surface area contributed by atoms with Gasteiger partial charge >= 0.3 is 0 Å². The maximum atomic E-state index is 14.1. The number of halogens is 2. The second-order valence-electron chi connectivity index (χ2n) is 6.67. The van der Waals surface area contributed by atoms with E-state index in [9.17, 15) is 9.18 Å². The van der Waals surface area contributed by atoms with E-state index in [0.29, 0.717) is 40.5 Å². The first kappa shape index (κ1) is 22.1. The number of ether oxygens (including phenoxy) is 1. The van der Waals surface area contributed by atoms with Crippen LogP contribution in [-0.4, -0.2) is 51.0 Å². The number of likely N-dealkylation sites (N-methyl/N-ethyl adjacent to an activating group) is 1. The van der Waals surface area contributed by atoms with Crippen molar-refractivity contribution in [2.24, 2.45) is 7.05 Å². The highest BCUT2D eigenvalue weighted by atomic mass is 35.5. The predicted molar refractivity (Wildman–Crippen MR) is 116 cm³/mol. The van der Waals surface area contributed by atoms with Gasteiger partial charge in [0.1, 0.15) is 18.2 Å². The molecule has 1 atom stereocenters. The minimum Gasteiger partial charge on any atom is -0.492 e. The van der Waals surface area contributed by atoms with Gasteiger partial charge in [0.15, 0.2) is 11.0 Å². The molecule has 3 aromatic rings. The van der Waals surface area contributed by atoms with Crippen LogP contribution >= 0.6 is 23.4 Å². The van der Waals surface area contributed by atoms with Crippen LogP contribution in [0.2, 0.25) is 5.02 Å². The lowest BCUT2D eigenvalue weighted by Gasteiger charge is -2.21. The van der Waals surface area contributed by atoms with Crippen LogP contribution in [0.5, 0.6) is 5.75 Å². The van der Waals surface area contributed by atoms with Gasteiger partial charge in [-0.05, 0) is 43.3 Å². The third kappa shape index (κ3) is 5.31. The molecule has 0 aliphatic heterocycles. The van der Waals surface area contributed by atoms with E-state index in [0.717, 1.165) is 0 Å². The van der Waals surface area contributed by atoms with Crippen LogP contribution in [0.3, 0.4) is 0 Å². The number of amides is 1. The van der Waals surface area contributed by atoms with Crippen molar-refractivity contribution < 1.29 is 13.9 Å². The molecule has 0 spiro atoms. The van der Waals surface area contributed by atoms with E-state index in [1.807, 2.05) is 0 Å². The second kappa shape index (κ2) is 9.95. The molecule has 1 amide bonds. The molecule has 0 radical (unpaired) electrons. The van der Waals surface area contributed by atoms with E-state index >= 15 is 0 Å². The van der Waals surface area contributed by atoms with Gasteiger partial charge in [0.05, 0.1) is 17.4 Å². The molecule has 0 aliphatic carbocycles. The summed E-state index contributed by atoms with van der Waals surface area (Å²) < 4.78 is 21.4. The Morgan fingerprint density at radius 2 is 1.93 bits per heavy atom. The SMILES string of the molecule is CC(Sc1nnc(-c2ccccc2F)n1C)C(=O)N(C)CCOc1ccc(Cl)cc1. The Labute approximate surface area is 184 Å². The summed E-state index contributed by atoms with van der Waals surface area (Å²) in [6.07, 6.45) is 0. The lowest BCUT2D eigenvalue weighted by molar-refractivity contribution is -0.129. The van der Waals surface area contributed by atoms with Crippen molar-refractivity contribution in [2.45, 2.75) is 17.3 Å². The smallest absolute Gasteiger partial charge is 0.235 e. The van der Waals surface area contributed by atoms with E-state index in [-0.39, 0.29) is 17.0 Å². The van der Waals surface area contributed by atoms with Crippen LogP contribution in [-0.2, 0) is 11.8 Å². The number of benzene rings is 2. The van der Waals surface area contributed by atoms with E-state index in [2.05, 4.69) is 10.2 Å². The summed E-state index contributed by atoms with van der Waals surface area (Å²) in [6, 6.07) is 13.5. The van der Waals surface area contributed by atoms with Crippen LogP contribution in [0.15, 0.2) is 53.7 Å². The van der Waals surface area contributed by atoms with Gasteiger partial charge < -0.3 is 14.2 Å². The quantitative estimate of drug-likeness (QED) is 0.481. The second-order valence-corrected chi connectivity index (χ2v) is 8.41. The van der Waals surface area contributed by atoms with Gasteiger partial charge in [-0.25, -0.2) is 4.39 Å². The topological polar surface area (TPSA) is 60.2 Å². The highest BCUT2D eigenvalue weighted by Crippen LogP contribution is 2.27. The highest BCUT2D eigenvalue weighted by molar-refractivity contribution is 8.00. The molecule has 1 unspecified atom stereocenters. The van der Waals surface area contributed by atoms with E-state index < -0.39 is 0 Å². The van der Waals surface area contributed by atoms with Crippen molar-refractivity contribution in [3.8, 4) is 17.1 Å². The zero-order chi connectivity index (χ0) is 21.7. The molecule has 30 heavy (non-hydrogen) atoms. The Morgan fingerprint density at radius 3 is 2.63 bits per heavy atom. The summed E-state index contributed by atoms with van der Waals surface area (Å²) in [5.41, 5.74) is 0.370. The molecule has 0 fully saturated rings. The molecule has 2 aromatic carbocycles. The summed E-state index contributed by atoms with van der Waals surface area (Å²) in [6.45, 7) is 2.61. The standard InChI is InChI=1S/C21H22ClFN4O2S/c1-14(20(28)26(2)12-13-29-16-10-8-15(22)9-11-16)30-21-25-24-19(27(21)3)17-6-4-5-7-18(17)23/h4-11,14H,12-13H2,1-3H3. The number of hydrogen-bond donors (Lipinski definition) is 0. The number of thioether (sulfide) groups is 1. The molecule has 0 bridgehead atoms. The predicted octanol–water partition coefficient (Wildman–Crippen LogP) is 4.29. The summed E-state index contributed by atoms with van der Waals surface area (Å²) in [5, 5.41) is 9.01. The van der Waals surface area contributed by atoms with Gasteiger partial charge in [0.25, 0.3) is 0 Å². The summed E-state index contributed by atoms with van der Waals surface area (Å²) in [7, 11) is 3.48. The molecule has 0 saturated heterocycles. The van der Waals surface area contributed by atoms with Crippen molar-refractivity contribution in [3.05, 3.63) is 59.4 Å². The monoisotopic (exact) mass is 448 g/mol. The lowest BCUT2D eigenvalue weighted by Crippen LogP contribution is -2.36. The van der Waals surface area contributed by atoms with E-state index in [4.69, 9.17) is 16.3 Å². The molecule has 0 N–H and O–H groups in total. The maximum Gasteiger partial charge on any atom is 0.235 e. The van der Waals surface area contributed by atoms with Gasteiger partial charge in [-0.1, -0.05) is 35.5 Å². The first-order valence-electron chi connectivity index (χ1n) is 9.31. The van der Waals surface area contributed by atoms with E-state index in [1.54, 1.807) is 73.0 Å². The van der Waals surface area contributed by atoms with Gasteiger partial charge in [-0.3, -0.25) is 4.79 Å². The molecular weight excluding hydrogens is 427 g/mol. The Bertz CT molecular complexity index is 1010. The highest BCUT2D eigenvalue weighted by Gasteiger charge is 2.22. The first-order chi connectivity index (χ1) is 14.4. The lowest BCUT2D eigenvalue weighted by atomic mass is 10.2. The molecular formula is C21H22ClFN4O2S.